The molecule has 0 saturated heterocycles. The molecule has 2 nitrogen and oxygen atoms in total. The highest BCUT2D eigenvalue weighted by Gasteiger charge is 2.24. The van der Waals surface area contributed by atoms with Gasteiger partial charge in [0.25, 0.3) is 0 Å². The van der Waals surface area contributed by atoms with E-state index in [2.05, 4.69) is 170 Å². The summed E-state index contributed by atoms with van der Waals surface area (Å²) in [4.78, 5) is 0. The molecule has 250 valence electrons. The maximum absolute atomic E-state index is 6.85. The standard InChI is InChI=1S/C52H30O2/c1-2-11-31(12-3-1)35-25-32-13-4-5-14-36(32)43(26-35)33-22-24-41-47-30-45-38-16-7-6-15-37(38)44(29-46(45)42-18-10-20-49(52(42)47)54-51(41)27-33)34-21-23-40-39-17-8-9-19-48(39)53-50(40)28-34/h1-30H. The van der Waals surface area contributed by atoms with E-state index >= 15 is 0 Å². The Kier molecular flexibility index (Phi) is 6.09. The van der Waals surface area contributed by atoms with Gasteiger partial charge in [-0.2, -0.15) is 0 Å². The molecule has 2 heterocycles. The van der Waals surface area contributed by atoms with Crippen molar-refractivity contribution in [2.75, 3.05) is 0 Å². The van der Waals surface area contributed by atoms with Gasteiger partial charge in [-0.3, -0.25) is 0 Å². The van der Waals surface area contributed by atoms with E-state index in [1.165, 1.54) is 65.5 Å². The summed E-state index contributed by atoms with van der Waals surface area (Å²) in [5, 5.41) is 12.0. The van der Waals surface area contributed by atoms with Crippen molar-refractivity contribution in [3.8, 4) is 56.0 Å². The zero-order valence-electron chi connectivity index (χ0n) is 29.1. The summed E-state index contributed by atoms with van der Waals surface area (Å²) in [6.45, 7) is 0. The third-order valence-electron chi connectivity index (χ3n) is 11.4. The lowest BCUT2D eigenvalue weighted by Crippen LogP contribution is -1.99. The number of furan rings is 1. The van der Waals surface area contributed by atoms with Gasteiger partial charge in [-0.25, -0.2) is 0 Å². The molecule has 0 saturated carbocycles. The van der Waals surface area contributed by atoms with Crippen LogP contribution in [0.1, 0.15) is 0 Å². The molecule has 0 unspecified atom stereocenters. The maximum Gasteiger partial charge on any atom is 0.136 e. The fraction of sp³-hybridized carbons (Fsp3) is 0. The second-order valence-corrected chi connectivity index (χ2v) is 14.4. The van der Waals surface area contributed by atoms with E-state index in [0.29, 0.717) is 0 Å². The summed E-state index contributed by atoms with van der Waals surface area (Å²) < 4.78 is 13.2. The molecule has 0 atom stereocenters. The van der Waals surface area contributed by atoms with Crippen LogP contribution in [0.25, 0.3) is 110 Å². The first-order valence-electron chi connectivity index (χ1n) is 18.5. The molecule has 0 spiro atoms. The lowest BCUT2D eigenvalue weighted by Gasteiger charge is -2.24. The number of rotatable bonds is 3. The van der Waals surface area contributed by atoms with Gasteiger partial charge >= 0.3 is 0 Å². The van der Waals surface area contributed by atoms with Crippen molar-refractivity contribution in [2.45, 2.75) is 0 Å². The van der Waals surface area contributed by atoms with Crippen LogP contribution in [-0.4, -0.2) is 0 Å². The lowest BCUT2D eigenvalue weighted by molar-refractivity contribution is 0.487. The summed E-state index contributed by atoms with van der Waals surface area (Å²) in [5.41, 5.74) is 11.2. The normalized spacial score (nSPS) is 12.2. The minimum absolute atomic E-state index is 0.876. The molecule has 1 aromatic heterocycles. The third kappa shape index (κ3) is 4.28. The van der Waals surface area contributed by atoms with Crippen molar-refractivity contribution in [2.24, 2.45) is 0 Å². The van der Waals surface area contributed by atoms with Crippen molar-refractivity contribution >= 4 is 65.0 Å². The molecule has 10 aromatic carbocycles. The Balaban J connectivity index is 1.06. The highest BCUT2D eigenvalue weighted by molar-refractivity contribution is 6.25. The SMILES string of the molecule is c1ccc(-c2cc(-c3ccc4c(c3)Oc3cccc5c3c-4cc3c4ccccc4c(-c4ccc6c(c4)oc4ccccc46)cc53)c3ccccc3c2)cc1. The molecule has 11 aromatic rings. The molecule has 54 heavy (non-hydrogen) atoms. The fourth-order valence-electron chi connectivity index (χ4n) is 8.92. The summed E-state index contributed by atoms with van der Waals surface area (Å²) in [7, 11) is 0. The number of benzene rings is 10. The Labute approximate surface area is 311 Å². The molecule has 0 aliphatic carbocycles. The molecule has 12 rings (SSSR count). The average molecular weight is 687 g/mol. The Hall–Kier alpha value is -7.16. The fourth-order valence-corrected chi connectivity index (χ4v) is 8.92. The van der Waals surface area contributed by atoms with Gasteiger partial charge in [-0.15, -0.1) is 0 Å². The van der Waals surface area contributed by atoms with E-state index in [0.717, 1.165) is 55.5 Å². The van der Waals surface area contributed by atoms with E-state index in [9.17, 15) is 0 Å². The topological polar surface area (TPSA) is 22.4 Å². The molecule has 0 radical (unpaired) electrons. The maximum atomic E-state index is 6.85. The van der Waals surface area contributed by atoms with E-state index in [4.69, 9.17) is 9.15 Å². The zero-order chi connectivity index (χ0) is 35.3. The number of hydrogen-bond acceptors (Lipinski definition) is 2. The van der Waals surface area contributed by atoms with E-state index in [1.807, 2.05) is 12.1 Å². The molecule has 0 bridgehead atoms. The summed E-state index contributed by atoms with van der Waals surface area (Å²) >= 11 is 0. The first-order chi connectivity index (χ1) is 26.7. The molecule has 1 aliphatic rings. The molecular weight excluding hydrogens is 657 g/mol. The first kappa shape index (κ1) is 29.4. The minimum Gasteiger partial charge on any atom is -0.456 e. The van der Waals surface area contributed by atoms with Crippen LogP contribution in [0.3, 0.4) is 0 Å². The Bertz CT molecular complexity index is 3350. The van der Waals surface area contributed by atoms with Gasteiger partial charge in [0.2, 0.25) is 0 Å². The van der Waals surface area contributed by atoms with Crippen LogP contribution in [0, 0.1) is 0 Å². The van der Waals surface area contributed by atoms with Crippen LogP contribution in [-0.2, 0) is 0 Å². The van der Waals surface area contributed by atoms with Gasteiger partial charge in [0, 0.05) is 21.7 Å². The predicted molar refractivity (Wildman–Crippen MR) is 226 cm³/mol. The van der Waals surface area contributed by atoms with Gasteiger partial charge in [0.05, 0.1) is 0 Å². The highest BCUT2D eigenvalue weighted by Crippen LogP contribution is 2.51. The highest BCUT2D eigenvalue weighted by atomic mass is 16.5. The molecule has 0 fully saturated rings. The number of ether oxygens (including phenoxy) is 1. The van der Waals surface area contributed by atoms with Crippen molar-refractivity contribution in [1.82, 2.24) is 0 Å². The average Bonchev–Trinajstić information content (AvgIpc) is 3.61. The van der Waals surface area contributed by atoms with E-state index in [-0.39, 0.29) is 0 Å². The Morgan fingerprint density at radius 1 is 0.278 bits per heavy atom. The van der Waals surface area contributed by atoms with Gasteiger partial charge in [0.15, 0.2) is 0 Å². The third-order valence-corrected chi connectivity index (χ3v) is 11.4. The zero-order valence-corrected chi connectivity index (χ0v) is 29.1. The second kappa shape index (κ2) is 11.2. The minimum atomic E-state index is 0.876. The van der Waals surface area contributed by atoms with Crippen LogP contribution < -0.4 is 4.74 Å². The molecule has 0 amide bonds. The summed E-state index contributed by atoms with van der Waals surface area (Å²) in [5.74, 6) is 1.76. The number of fused-ring (bicyclic) bond motifs is 10. The first-order valence-corrected chi connectivity index (χ1v) is 18.5. The van der Waals surface area contributed by atoms with Crippen molar-refractivity contribution < 1.29 is 9.15 Å². The van der Waals surface area contributed by atoms with E-state index < -0.39 is 0 Å². The molecular formula is C52H30O2. The van der Waals surface area contributed by atoms with Crippen molar-refractivity contribution in [1.29, 1.82) is 0 Å². The van der Waals surface area contributed by atoms with E-state index in [1.54, 1.807) is 0 Å². The van der Waals surface area contributed by atoms with Crippen LogP contribution in [0.2, 0.25) is 0 Å². The number of para-hydroxylation sites is 1. The van der Waals surface area contributed by atoms with Crippen molar-refractivity contribution in [3.05, 3.63) is 182 Å². The van der Waals surface area contributed by atoms with Crippen LogP contribution in [0.15, 0.2) is 186 Å². The Morgan fingerprint density at radius 3 is 1.85 bits per heavy atom. The molecule has 2 heteroatoms. The van der Waals surface area contributed by atoms with Crippen LogP contribution in [0.4, 0.5) is 0 Å². The van der Waals surface area contributed by atoms with Crippen molar-refractivity contribution in [3.63, 3.8) is 0 Å². The quantitative estimate of drug-likeness (QED) is 0.173. The largest absolute Gasteiger partial charge is 0.456 e. The summed E-state index contributed by atoms with van der Waals surface area (Å²) in [6.07, 6.45) is 0. The van der Waals surface area contributed by atoms with Gasteiger partial charge < -0.3 is 9.15 Å². The van der Waals surface area contributed by atoms with Crippen LogP contribution in [0.5, 0.6) is 11.5 Å². The smallest absolute Gasteiger partial charge is 0.136 e. The molecule has 0 N–H and O–H groups in total. The van der Waals surface area contributed by atoms with Gasteiger partial charge in [-0.05, 0) is 137 Å². The number of hydrogen-bond donors (Lipinski definition) is 0. The second-order valence-electron chi connectivity index (χ2n) is 14.4. The summed E-state index contributed by atoms with van der Waals surface area (Å²) in [6, 6.07) is 65.6. The van der Waals surface area contributed by atoms with Gasteiger partial charge in [0.1, 0.15) is 22.7 Å². The lowest BCUT2D eigenvalue weighted by atomic mass is 9.86. The van der Waals surface area contributed by atoms with Crippen LogP contribution >= 0.6 is 0 Å². The Morgan fingerprint density at radius 2 is 0.944 bits per heavy atom. The monoisotopic (exact) mass is 686 g/mol. The van der Waals surface area contributed by atoms with Gasteiger partial charge in [-0.1, -0.05) is 121 Å². The molecule has 1 aliphatic heterocycles. The predicted octanol–water partition coefficient (Wildman–Crippen LogP) is 15.0.